The Morgan fingerprint density at radius 2 is 2.00 bits per heavy atom. The molecule has 0 unspecified atom stereocenters. The molecule has 1 aliphatic carbocycles. The van der Waals surface area contributed by atoms with Crippen molar-refractivity contribution in [3.63, 3.8) is 0 Å². The quantitative estimate of drug-likeness (QED) is 0.674. The highest BCUT2D eigenvalue weighted by atomic mass is 16.6. The molecule has 7 nitrogen and oxygen atoms in total. The molecule has 1 fully saturated rings. The van der Waals surface area contributed by atoms with Crippen LogP contribution in [0.5, 0.6) is 5.88 Å². The number of hydrogen-bond donors (Lipinski definition) is 1. The number of aromatic nitrogens is 2. The summed E-state index contributed by atoms with van der Waals surface area (Å²) in [5.74, 6) is 0.321. The zero-order valence-corrected chi connectivity index (χ0v) is 18.2. The van der Waals surface area contributed by atoms with Gasteiger partial charge in [0, 0.05) is 67.5 Å². The number of nitrogens with zero attached hydrogens (tertiary/aromatic N) is 3. The summed E-state index contributed by atoms with van der Waals surface area (Å²) in [6.45, 7) is 1.84. The van der Waals surface area contributed by atoms with Gasteiger partial charge in [0.25, 0.3) is 0 Å². The molecule has 1 aliphatic rings. The molecule has 2 aromatic heterocycles. The van der Waals surface area contributed by atoms with Crippen LogP contribution in [0.4, 0.5) is 4.79 Å². The highest BCUT2D eigenvalue weighted by Gasteiger charge is 2.31. The molecule has 162 valence electrons. The first-order chi connectivity index (χ1) is 14.9. The van der Waals surface area contributed by atoms with Crippen LogP contribution in [0.1, 0.15) is 32.6 Å². The number of pyridine rings is 1. The minimum Gasteiger partial charge on any atom is -0.391 e. The number of nitrogens with one attached hydrogen (secondary N) is 1. The van der Waals surface area contributed by atoms with E-state index in [0.717, 1.165) is 30.4 Å². The van der Waals surface area contributed by atoms with Gasteiger partial charge >= 0.3 is 6.09 Å². The molecule has 0 spiro atoms. The minimum absolute atomic E-state index is 0.0477. The maximum atomic E-state index is 12.6. The van der Waals surface area contributed by atoms with Crippen LogP contribution in [0.25, 0.3) is 22.0 Å². The molecular weight excluding hydrogens is 392 g/mol. The average Bonchev–Trinajstić information content (AvgIpc) is 3.40. The smallest absolute Gasteiger partial charge is 0.391 e. The van der Waals surface area contributed by atoms with Gasteiger partial charge in [0.15, 0.2) is 0 Å². The Morgan fingerprint density at radius 1 is 1.19 bits per heavy atom. The Hall–Kier alpha value is -3.35. The second-order valence-corrected chi connectivity index (χ2v) is 8.15. The SMILES string of the molecule is CCC(=O)N[C@H]1CC[C@@H](N(C)C(=O)Oc2ccc(-c3ccc4c(ccn4C)c3)cn2)C1. The molecule has 7 heteroatoms. The van der Waals surface area contributed by atoms with E-state index in [-0.39, 0.29) is 23.9 Å². The van der Waals surface area contributed by atoms with Crippen LogP contribution in [0.3, 0.4) is 0 Å². The van der Waals surface area contributed by atoms with Crippen LogP contribution < -0.4 is 10.1 Å². The Balaban J connectivity index is 1.37. The third-order valence-electron chi connectivity index (χ3n) is 6.07. The second-order valence-electron chi connectivity index (χ2n) is 8.15. The minimum atomic E-state index is -0.432. The van der Waals surface area contributed by atoms with Crippen molar-refractivity contribution in [1.29, 1.82) is 0 Å². The molecule has 1 aromatic carbocycles. The van der Waals surface area contributed by atoms with Crippen molar-refractivity contribution in [2.24, 2.45) is 7.05 Å². The standard InChI is InChI=1S/C24H28N4O3/c1-4-22(29)26-19-7-8-20(14-19)28(3)24(30)31-23-10-6-18(15-25-23)16-5-9-21-17(13-16)11-12-27(21)2/h5-6,9-13,15,19-20H,4,7-8,14H2,1-3H3,(H,26,29)/t19-,20+/m0/s1. The van der Waals surface area contributed by atoms with Gasteiger partial charge in [-0.05, 0) is 49.1 Å². The maximum Gasteiger partial charge on any atom is 0.416 e. The van der Waals surface area contributed by atoms with Crippen molar-refractivity contribution < 1.29 is 14.3 Å². The number of hydrogen-bond acceptors (Lipinski definition) is 4. The highest BCUT2D eigenvalue weighted by molar-refractivity contribution is 5.85. The Kier molecular flexibility index (Phi) is 5.93. The molecule has 2 amide bonds. The van der Waals surface area contributed by atoms with E-state index in [4.69, 9.17) is 4.74 Å². The highest BCUT2D eigenvalue weighted by Crippen LogP contribution is 2.27. The first-order valence-electron chi connectivity index (χ1n) is 10.7. The summed E-state index contributed by atoms with van der Waals surface area (Å²) < 4.78 is 7.56. The van der Waals surface area contributed by atoms with Gasteiger partial charge in [-0.3, -0.25) is 4.79 Å². The second kappa shape index (κ2) is 8.79. The summed E-state index contributed by atoms with van der Waals surface area (Å²) in [7, 11) is 3.76. The fourth-order valence-electron chi connectivity index (χ4n) is 4.15. The van der Waals surface area contributed by atoms with Crippen molar-refractivity contribution in [3.05, 3.63) is 48.8 Å². The molecule has 3 aromatic rings. The fourth-order valence-corrected chi connectivity index (χ4v) is 4.15. The number of amides is 2. The summed E-state index contributed by atoms with van der Waals surface area (Å²) in [5, 5.41) is 4.17. The third kappa shape index (κ3) is 4.55. The molecule has 4 rings (SSSR count). The number of carbonyl (C=O) groups is 2. The summed E-state index contributed by atoms with van der Waals surface area (Å²) >= 11 is 0. The van der Waals surface area contributed by atoms with Gasteiger partial charge in [-0.2, -0.15) is 0 Å². The number of rotatable bonds is 5. The van der Waals surface area contributed by atoms with Gasteiger partial charge in [-0.15, -0.1) is 0 Å². The Labute approximate surface area is 182 Å². The fraction of sp³-hybridized carbons (Fsp3) is 0.375. The number of aryl methyl sites for hydroxylation is 1. The van der Waals surface area contributed by atoms with E-state index in [2.05, 4.69) is 39.1 Å². The van der Waals surface area contributed by atoms with E-state index >= 15 is 0 Å². The molecule has 0 saturated heterocycles. The zero-order valence-electron chi connectivity index (χ0n) is 18.2. The summed E-state index contributed by atoms with van der Waals surface area (Å²) in [6, 6.07) is 12.1. The van der Waals surface area contributed by atoms with Crippen LogP contribution in [0.2, 0.25) is 0 Å². The van der Waals surface area contributed by atoms with Crippen LogP contribution in [0.15, 0.2) is 48.8 Å². The molecule has 0 radical (unpaired) electrons. The predicted molar refractivity (Wildman–Crippen MR) is 120 cm³/mol. The largest absolute Gasteiger partial charge is 0.416 e. The first kappa shape index (κ1) is 20.9. The van der Waals surface area contributed by atoms with Crippen LogP contribution in [-0.4, -0.2) is 45.6 Å². The number of benzene rings is 1. The van der Waals surface area contributed by atoms with E-state index in [9.17, 15) is 9.59 Å². The first-order valence-corrected chi connectivity index (χ1v) is 10.7. The van der Waals surface area contributed by atoms with Crippen molar-refractivity contribution in [1.82, 2.24) is 19.8 Å². The molecule has 2 atom stereocenters. The van der Waals surface area contributed by atoms with Crippen LogP contribution in [-0.2, 0) is 11.8 Å². The Bertz CT molecular complexity index is 1090. The summed E-state index contributed by atoms with van der Waals surface area (Å²) in [4.78, 5) is 30.1. The van der Waals surface area contributed by atoms with Crippen molar-refractivity contribution in [2.75, 3.05) is 7.05 Å². The summed E-state index contributed by atoms with van der Waals surface area (Å²) in [5.41, 5.74) is 3.20. The maximum absolute atomic E-state index is 12.6. The van der Waals surface area contributed by atoms with Gasteiger partial charge in [-0.25, -0.2) is 9.78 Å². The van der Waals surface area contributed by atoms with Gasteiger partial charge < -0.3 is 19.5 Å². The van der Waals surface area contributed by atoms with Crippen molar-refractivity contribution in [3.8, 4) is 17.0 Å². The number of ether oxygens (including phenoxy) is 1. The van der Waals surface area contributed by atoms with Gasteiger partial charge in [0.2, 0.25) is 11.8 Å². The lowest BCUT2D eigenvalue weighted by Crippen LogP contribution is -2.39. The molecule has 1 N–H and O–H groups in total. The van der Waals surface area contributed by atoms with Crippen molar-refractivity contribution in [2.45, 2.75) is 44.7 Å². The number of fused-ring (bicyclic) bond motifs is 1. The van der Waals surface area contributed by atoms with E-state index in [1.807, 2.05) is 26.2 Å². The lowest BCUT2D eigenvalue weighted by atomic mass is 10.1. The van der Waals surface area contributed by atoms with E-state index in [0.29, 0.717) is 6.42 Å². The van der Waals surface area contributed by atoms with Gasteiger partial charge in [0.1, 0.15) is 0 Å². The van der Waals surface area contributed by atoms with Crippen LogP contribution >= 0.6 is 0 Å². The topological polar surface area (TPSA) is 76.5 Å². The summed E-state index contributed by atoms with van der Waals surface area (Å²) in [6.07, 6.45) is 6.25. The third-order valence-corrected chi connectivity index (χ3v) is 6.07. The molecule has 31 heavy (non-hydrogen) atoms. The van der Waals surface area contributed by atoms with Crippen molar-refractivity contribution >= 4 is 22.9 Å². The van der Waals surface area contributed by atoms with E-state index < -0.39 is 6.09 Å². The zero-order chi connectivity index (χ0) is 22.0. The normalized spacial score (nSPS) is 18.2. The van der Waals surface area contributed by atoms with Gasteiger partial charge in [-0.1, -0.05) is 13.0 Å². The van der Waals surface area contributed by atoms with E-state index in [1.54, 1.807) is 24.2 Å². The van der Waals surface area contributed by atoms with Gasteiger partial charge in [0.05, 0.1) is 0 Å². The molecule has 0 aliphatic heterocycles. The lowest BCUT2D eigenvalue weighted by Gasteiger charge is -2.23. The number of carbonyl (C=O) groups excluding carboxylic acids is 2. The molecule has 0 bridgehead atoms. The van der Waals surface area contributed by atoms with Crippen LogP contribution in [0, 0.1) is 0 Å². The Morgan fingerprint density at radius 3 is 2.74 bits per heavy atom. The predicted octanol–water partition coefficient (Wildman–Crippen LogP) is 4.12. The monoisotopic (exact) mass is 420 g/mol. The van der Waals surface area contributed by atoms with E-state index in [1.165, 1.54) is 10.9 Å². The lowest BCUT2D eigenvalue weighted by molar-refractivity contribution is -0.121. The molecule has 1 saturated carbocycles. The molecule has 2 heterocycles. The molecular formula is C24H28N4O3. The average molecular weight is 421 g/mol.